The normalized spacial score (nSPS) is 10.5. The molecular formula is C16H17BrClN. The summed E-state index contributed by atoms with van der Waals surface area (Å²) in [4.78, 5) is 0. The lowest BCUT2D eigenvalue weighted by Gasteiger charge is -2.13. The van der Waals surface area contributed by atoms with Crippen LogP contribution in [0, 0.1) is 6.92 Å². The maximum Gasteiger partial charge on any atom is 0.0408 e. The molecule has 2 aromatic carbocycles. The van der Waals surface area contributed by atoms with Gasteiger partial charge in [0.25, 0.3) is 0 Å². The molecule has 0 amide bonds. The van der Waals surface area contributed by atoms with Gasteiger partial charge in [0.2, 0.25) is 0 Å². The summed E-state index contributed by atoms with van der Waals surface area (Å²) >= 11 is 9.48. The van der Waals surface area contributed by atoms with Crippen LogP contribution in [0.3, 0.4) is 0 Å². The van der Waals surface area contributed by atoms with E-state index in [1.54, 1.807) is 0 Å². The molecule has 1 nitrogen and oxygen atoms in total. The van der Waals surface area contributed by atoms with Crippen LogP contribution in [0.25, 0.3) is 0 Å². The van der Waals surface area contributed by atoms with E-state index in [1.807, 2.05) is 12.1 Å². The largest absolute Gasteiger partial charge is 0.381 e. The second kappa shape index (κ2) is 6.44. The van der Waals surface area contributed by atoms with Gasteiger partial charge in [-0.2, -0.15) is 0 Å². The first-order valence-corrected chi connectivity index (χ1v) is 7.54. The van der Waals surface area contributed by atoms with E-state index in [4.69, 9.17) is 11.6 Å². The van der Waals surface area contributed by atoms with Gasteiger partial charge in [0, 0.05) is 21.7 Å². The van der Waals surface area contributed by atoms with Crippen LogP contribution >= 0.6 is 27.5 Å². The highest BCUT2D eigenvalue weighted by Gasteiger charge is 2.03. The highest BCUT2D eigenvalue weighted by Crippen LogP contribution is 2.23. The molecule has 0 bridgehead atoms. The van der Waals surface area contributed by atoms with Gasteiger partial charge in [0.1, 0.15) is 0 Å². The zero-order chi connectivity index (χ0) is 13.8. The molecule has 19 heavy (non-hydrogen) atoms. The minimum Gasteiger partial charge on any atom is -0.381 e. The van der Waals surface area contributed by atoms with Crippen molar-refractivity contribution in [3.05, 3.63) is 62.6 Å². The van der Waals surface area contributed by atoms with Gasteiger partial charge < -0.3 is 5.32 Å². The molecule has 0 saturated carbocycles. The Morgan fingerprint density at radius 3 is 2.58 bits per heavy atom. The Labute approximate surface area is 128 Å². The Morgan fingerprint density at radius 2 is 1.89 bits per heavy atom. The third-order valence-corrected chi connectivity index (χ3v) is 3.95. The summed E-state index contributed by atoms with van der Waals surface area (Å²) in [6.45, 7) is 5.07. The van der Waals surface area contributed by atoms with Gasteiger partial charge in [-0.3, -0.25) is 0 Å². The van der Waals surface area contributed by atoms with E-state index >= 15 is 0 Å². The molecule has 0 aliphatic carbocycles. The number of rotatable bonds is 4. The Balaban J connectivity index is 2.14. The van der Waals surface area contributed by atoms with Gasteiger partial charge in [0.05, 0.1) is 0 Å². The standard InChI is InChI=1S/C16H17BrClN/c1-3-12-9-14(17)5-7-16(12)19-10-13-4-6-15(18)8-11(13)2/h4-9,19H,3,10H2,1-2H3. The molecule has 0 spiro atoms. The average molecular weight is 339 g/mol. The molecule has 0 radical (unpaired) electrons. The molecule has 0 aliphatic heterocycles. The van der Waals surface area contributed by atoms with Crippen molar-refractivity contribution in [2.75, 3.05) is 5.32 Å². The molecule has 0 aromatic heterocycles. The Hall–Kier alpha value is -0.990. The molecule has 3 heteroatoms. The number of nitrogens with one attached hydrogen (secondary N) is 1. The van der Waals surface area contributed by atoms with Crippen molar-refractivity contribution < 1.29 is 0 Å². The summed E-state index contributed by atoms with van der Waals surface area (Å²) in [7, 11) is 0. The van der Waals surface area contributed by atoms with Gasteiger partial charge in [-0.15, -0.1) is 0 Å². The van der Waals surface area contributed by atoms with Crippen LogP contribution in [-0.4, -0.2) is 0 Å². The molecule has 0 atom stereocenters. The molecule has 0 fully saturated rings. The smallest absolute Gasteiger partial charge is 0.0408 e. The van der Waals surface area contributed by atoms with Gasteiger partial charge in [-0.05, 0) is 60.4 Å². The predicted molar refractivity (Wildman–Crippen MR) is 87.0 cm³/mol. The maximum absolute atomic E-state index is 5.97. The van der Waals surface area contributed by atoms with Crippen molar-refractivity contribution in [1.29, 1.82) is 0 Å². The first kappa shape index (κ1) is 14.4. The maximum atomic E-state index is 5.97. The SMILES string of the molecule is CCc1cc(Br)ccc1NCc1ccc(Cl)cc1C. The number of hydrogen-bond donors (Lipinski definition) is 1. The molecule has 2 aromatic rings. The minimum absolute atomic E-state index is 0.791. The van der Waals surface area contributed by atoms with Gasteiger partial charge in [-0.25, -0.2) is 0 Å². The van der Waals surface area contributed by atoms with Crippen LogP contribution in [0.15, 0.2) is 40.9 Å². The molecule has 0 aliphatic rings. The molecule has 2 rings (SSSR count). The van der Waals surface area contributed by atoms with Crippen molar-refractivity contribution in [1.82, 2.24) is 0 Å². The van der Waals surface area contributed by atoms with E-state index in [2.05, 4.69) is 59.4 Å². The van der Waals surface area contributed by atoms with Crippen LogP contribution < -0.4 is 5.32 Å². The third-order valence-electron chi connectivity index (χ3n) is 3.22. The Morgan fingerprint density at radius 1 is 1.11 bits per heavy atom. The quantitative estimate of drug-likeness (QED) is 0.766. The van der Waals surface area contributed by atoms with Gasteiger partial charge in [0.15, 0.2) is 0 Å². The lowest BCUT2D eigenvalue weighted by molar-refractivity contribution is 1.08. The number of halogens is 2. The molecule has 0 heterocycles. The van der Waals surface area contributed by atoms with Crippen molar-refractivity contribution in [3.63, 3.8) is 0 Å². The van der Waals surface area contributed by atoms with Crippen LogP contribution in [0.1, 0.15) is 23.6 Å². The fourth-order valence-corrected chi connectivity index (χ4v) is 2.71. The summed E-state index contributed by atoms with van der Waals surface area (Å²) in [5.74, 6) is 0. The number of anilines is 1. The van der Waals surface area contributed by atoms with Gasteiger partial charge in [-0.1, -0.05) is 40.5 Å². The zero-order valence-corrected chi connectivity index (χ0v) is 13.5. The molecule has 0 unspecified atom stereocenters. The summed E-state index contributed by atoms with van der Waals surface area (Å²) in [5.41, 5.74) is 5.01. The number of aryl methyl sites for hydroxylation is 2. The van der Waals surface area contributed by atoms with Crippen LogP contribution in [0.5, 0.6) is 0 Å². The molecule has 0 saturated heterocycles. The van der Waals surface area contributed by atoms with Crippen LogP contribution in [0.2, 0.25) is 5.02 Å². The fraction of sp³-hybridized carbons (Fsp3) is 0.250. The molecule has 100 valence electrons. The van der Waals surface area contributed by atoms with Crippen molar-refractivity contribution >= 4 is 33.2 Å². The lowest BCUT2D eigenvalue weighted by atomic mass is 10.1. The third kappa shape index (κ3) is 3.74. The predicted octanol–water partition coefficient (Wildman–Crippen LogP) is 5.59. The Bertz CT molecular complexity index is 581. The van der Waals surface area contributed by atoms with Crippen molar-refractivity contribution in [2.24, 2.45) is 0 Å². The molecule has 1 N–H and O–H groups in total. The van der Waals surface area contributed by atoms with Crippen molar-refractivity contribution in [3.8, 4) is 0 Å². The highest BCUT2D eigenvalue weighted by molar-refractivity contribution is 9.10. The minimum atomic E-state index is 0.791. The van der Waals surface area contributed by atoms with Crippen molar-refractivity contribution in [2.45, 2.75) is 26.8 Å². The lowest BCUT2D eigenvalue weighted by Crippen LogP contribution is -2.03. The van der Waals surface area contributed by atoms with E-state index < -0.39 is 0 Å². The summed E-state index contributed by atoms with van der Waals surface area (Å²) in [5, 5.41) is 4.29. The Kier molecular flexibility index (Phi) is 4.89. The average Bonchev–Trinajstić information content (AvgIpc) is 2.39. The zero-order valence-electron chi connectivity index (χ0n) is 11.1. The van der Waals surface area contributed by atoms with Gasteiger partial charge >= 0.3 is 0 Å². The summed E-state index contributed by atoms with van der Waals surface area (Å²) in [6, 6.07) is 12.4. The summed E-state index contributed by atoms with van der Waals surface area (Å²) in [6.07, 6.45) is 1.02. The second-order valence-electron chi connectivity index (χ2n) is 4.58. The van der Waals surface area contributed by atoms with E-state index in [0.29, 0.717) is 0 Å². The second-order valence-corrected chi connectivity index (χ2v) is 5.93. The molecular weight excluding hydrogens is 322 g/mol. The van der Waals surface area contributed by atoms with Crippen LogP contribution in [0.4, 0.5) is 5.69 Å². The highest BCUT2D eigenvalue weighted by atomic mass is 79.9. The first-order valence-electron chi connectivity index (χ1n) is 6.37. The van der Waals surface area contributed by atoms with Crippen LogP contribution in [-0.2, 0) is 13.0 Å². The van der Waals surface area contributed by atoms with E-state index in [-0.39, 0.29) is 0 Å². The summed E-state index contributed by atoms with van der Waals surface area (Å²) < 4.78 is 1.12. The van der Waals surface area contributed by atoms with E-state index in [1.165, 1.54) is 22.4 Å². The first-order chi connectivity index (χ1) is 9.10. The van der Waals surface area contributed by atoms with E-state index in [9.17, 15) is 0 Å². The fourth-order valence-electron chi connectivity index (χ4n) is 2.08. The number of benzene rings is 2. The topological polar surface area (TPSA) is 12.0 Å². The van der Waals surface area contributed by atoms with E-state index in [0.717, 1.165) is 22.5 Å². The number of hydrogen-bond acceptors (Lipinski definition) is 1. The monoisotopic (exact) mass is 337 g/mol.